The van der Waals surface area contributed by atoms with Gasteiger partial charge in [-0.25, -0.2) is 4.79 Å². The summed E-state index contributed by atoms with van der Waals surface area (Å²) in [6, 6.07) is 19.0. The topological polar surface area (TPSA) is 109 Å². The van der Waals surface area contributed by atoms with Gasteiger partial charge in [-0.05, 0) is 29.1 Å². The molecule has 30 heavy (non-hydrogen) atoms. The predicted molar refractivity (Wildman–Crippen MR) is 108 cm³/mol. The van der Waals surface area contributed by atoms with E-state index in [2.05, 4.69) is 5.32 Å². The highest BCUT2D eigenvalue weighted by Gasteiger charge is 2.16. The van der Waals surface area contributed by atoms with Crippen molar-refractivity contribution in [2.24, 2.45) is 0 Å². The van der Waals surface area contributed by atoms with Crippen molar-refractivity contribution in [2.45, 2.75) is 6.04 Å². The molecule has 1 heterocycles. The summed E-state index contributed by atoms with van der Waals surface area (Å²) >= 11 is 0. The van der Waals surface area contributed by atoms with Gasteiger partial charge < -0.3 is 24.4 Å². The number of nitrogens with one attached hydrogen (secondary N) is 1. The molecule has 0 aliphatic carbocycles. The highest BCUT2D eigenvalue weighted by Crippen LogP contribution is 2.26. The minimum absolute atomic E-state index is 0.306. The normalized spacial score (nSPS) is 11.9. The molecule has 0 unspecified atom stereocenters. The van der Waals surface area contributed by atoms with Gasteiger partial charge in [0.25, 0.3) is 5.91 Å². The third kappa shape index (κ3) is 3.86. The van der Waals surface area contributed by atoms with Crippen LogP contribution in [-0.2, 0) is 9.59 Å². The molecule has 1 N–H and O–H groups in total. The number of ether oxygens (including phenoxy) is 1. The standard InChI is InChI=1S/C23H17NO6/c25-20(24-21(22(26)27)14-6-2-1-3-7-14)13-29-15-10-11-17-16-8-4-5-9-18(16)23(28)30-19(17)12-15/h1-12,21H,13H2,(H,24,25)(H,26,27)/p-1/t21-/m0/s1. The highest BCUT2D eigenvalue weighted by molar-refractivity contribution is 6.04. The molecule has 0 bridgehead atoms. The Hall–Kier alpha value is -4.13. The monoisotopic (exact) mass is 402 g/mol. The van der Waals surface area contributed by atoms with E-state index in [1.54, 1.807) is 54.6 Å². The highest BCUT2D eigenvalue weighted by atomic mass is 16.5. The summed E-state index contributed by atoms with van der Waals surface area (Å²) in [6.45, 7) is -0.417. The lowest BCUT2D eigenvalue weighted by Gasteiger charge is -2.20. The van der Waals surface area contributed by atoms with E-state index in [0.717, 1.165) is 10.8 Å². The summed E-state index contributed by atoms with van der Waals surface area (Å²) in [5.74, 6) is -1.75. The van der Waals surface area contributed by atoms with Crippen LogP contribution in [0, 0.1) is 0 Å². The zero-order valence-electron chi connectivity index (χ0n) is 15.7. The first-order chi connectivity index (χ1) is 14.5. The first kappa shape index (κ1) is 19.2. The Kier molecular flexibility index (Phi) is 5.17. The van der Waals surface area contributed by atoms with E-state index in [1.165, 1.54) is 6.07 Å². The second-order valence-electron chi connectivity index (χ2n) is 6.61. The van der Waals surface area contributed by atoms with Gasteiger partial charge >= 0.3 is 5.63 Å². The molecule has 7 nitrogen and oxygen atoms in total. The molecule has 7 heteroatoms. The van der Waals surface area contributed by atoms with Gasteiger partial charge in [0.15, 0.2) is 6.61 Å². The number of hydrogen-bond donors (Lipinski definition) is 1. The van der Waals surface area contributed by atoms with Gasteiger partial charge in [-0.2, -0.15) is 0 Å². The number of carboxylic acids is 1. The first-order valence-electron chi connectivity index (χ1n) is 9.16. The fraction of sp³-hybridized carbons (Fsp3) is 0.0870. The van der Waals surface area contributed by atoms with Gasteiger partial charge in [0.2, 0.25) is 0 Å². The van der Waals surface area contributed by atoms with Crippen LogP contribution >= 0.6 is 0 Å². The average molecular weight is 402 g/mol. The summed E-state index contributed by atoms with van der Waals surface area (Å²) in [6.07, 6.45) is 0. The Morgan fingerprint density at radius 2 is 1.63 bits per heavy atom. The van der Waals surface area contributed by atoms with E-state index >= 15 is 0 Å². The van der Waals surface area contributed by atoms with Crippen LogP contribution in [0.2, 0.25) is 0 Å². The Balaban J connectivity index is 1.50. The Bertz CT molecular complexity index is 1300. The van der Waals surface area contributed by atoms with E-state index in [4.69, 9.17) is 9.15 Å². The summed E-state index contributed by atoms with van der Waals surface area (Å²) in [4.78, 5) is 35.7. The van der Waals surface area contributed by atoms with E-state index in [0.29, 0.717) is 22.3 Å². The van der Waals surface area contributed by atoms with Gasteiger partial charge in [-0.1, -0.05) is 48.5 Å². The maximum Gasteiger partial charge on any atom is 0.344 e. The number of carbonyl (C=O) groups is 2. The molecule has 0 saturated carbocycles. The molecule has 0 fully saturated rings. The molecule has 4 aromatic rings. The number of fused-ring (bicyclic) bond motifs is 3. The third-order valence-electron chi connectivity index (χ3n) is 4.64. The van der Waals surface area contributed by atoms with Gasteiger partial charge in [0.1, 0.15) is 11.3 Å². The van der Waals surface area contributed by atoms with Crippen molar-refractivity contribution >= 4 is 33.6 Å². The molecule has 4 rings (SSSR count). The zero-order valence-corrected chi connectivity index (χ0v) is 15.7. The van der Waals surface area contributed by atoms with E-state index in [9.17, 15) is 19.5 Å². The van der Waals surface area contributed by atoms with Crippen molar-refractivity contribution in [3.63, 3.8) is 0 Å². The fourth-order valence-electron chi connectivity index (χ4n) is 3.23. The van der Waals surface area contributed by atoms with Crippen LogP contribution in [0.5, 0.6) is 5.75 Å². The van der Waals surface area contributed by atoms with Crippen molar-refractivity contribution in [1.29, 1.82) is 0 Å². The molecule has 3 aromatic carbocycles. The molecule has 0 radical (unpaired) electrons. The Labute approximate surface area is 170 Å². The summed E-state index contributed by atoms with van der Waals surface area (Å²) in [5, 5.41) is 15.7. The SMILES string of the molecule is O=C(COc1ccc2c(c1)oc(=O)c1ccccc12)N[C@H](C(=O)[O-])c1ccccc1. The van der Waals surface area contributed by atoms with Crippen molar-refractivity contribution in [3.05, 3.63) is 88.8 Å². The molecule has 0 aliphatic heterocycles. The number of carbonyl (C=O) groups excluding carboxylic acids is 2. The van der Waals surface area contributed by atoms with Crippen LogP contribution in [0.4, 0.5) is 0 Å². The van der Waals surface area contributed by atoms with Crippen molar-refractivity contribution in [3.8, 4) is 5.75 Å². The third-order valence-corrected chi connectivity index (χ3v) is 4.64. The minimum Gasteiger partial charge on any atom is -0.548 e. The largest absolute Gasteiger partial charge is 0.548 e. The molecular formula is C23H16NO6-. The lowest BCUT2D eigenvalue weighted by molar-refractivity contribution is -0.308. The van der Waals surface area contributed by atoms with Crippen LogP contribution in [0.15, 0.2) is 82.0 Å². The lowest BCUT2D eigenvalue weighted by Crippen LogP contribution is -2.42. The van der Waals surface area contributed by atoms with E-state index < -0.39 is 30.2 Å². The Morgan fingerprint density at radius 3 is 2.37 bits per heavy atom. The second-order valence-corrected chi connectivity index (χ2v) is 6.61. The zero-order chi connectivity index (χ0) is 21.1. The number of amides is 1. The summed E-state index contributed by atoms with van der Waals surface area (Å²) in [7, 11) is 0. The van der Waals surface area contributed by atoms with Crippen LogP contribution in [0.1, 0.15) is 11.6 Å². The maximum absolute atomic E-state index is 12.2. The molecular weight excluding hydrogens is 386 g/mol. The van der Waals surface area contributed by atoms with E-state index in [-0.39, 0.29) is 0 Å². The predicted octanol–water partition coefficient (Wildman–Crippen LogP) is 1.93. The summed E-state index contributed by atoms with van der Waals surface area (Å²) < 4.78 is 10.8. The maximum atomic E-state index is 12.2. The molecule has 1 atom stereocenters. The number of hydrogen-bond acceptors (Lipinski definition) is 6. The quantitative estimate of drug-likeness (QED) is 0.390. The summed E-state index contributed by atoms with van der Waals surface area (Å²) in [5.41, 5.74) is 0.256. The van der Waals surface area contributed by atoms with Gasteiger partial charge in [-0.3, -0.25) is 4.79 Å². The van der Waals surface area contributed by atoms with Crippen molar-refractivity contribution < 1.29 is 23.8 Å². The molecule has 0 spiro atoms. The number of benzene rings is 3. The number of carboxylic acid groups (broad SMARTS) is 1. The van der Waals surface area contributed by atoms with Crippen molar-refractivity contribution in [2.75, 3.05) is 6.61 Å². The smallest absolute Gasteiger partial charge is 0.344 e. The van der Waals surface area contributed by atoms with Crippen molar-refractivity contribution in [1.82, 2.24) is 5.32 Å². The van der Waals surface area contributed by atoms with Crippen LogP contribution in [0.3, 0.4) is 0 Å². The van der Waals surface area contributed by atoms with Gasteiger partial charge in [-0.15, -0.1) is 0 Å². The van der Waals surface area contributed by atoms with Crippen LogP contribution in [-0.4, -0.2) is 18.5 Å². The minimum atomic E-state index is -1.42. The van der Waals surface area contributed by atoms with Gasteiger partial charge in [0, 0.05) is 11.5 Å². The molecule has 1 aromatic heterocycles. The lowest BCUT2D eigenvalue weighted by atomic mass is 10.1. The first-order valence-corrected chi connectivity index (χ1v) is 9.16. The number of rotatable bonds is 6. The fourth-order valence-corrected chi connectivity index (χ4v) is 3.23. The molecule has 1 amide bonds. The Morgan fingerprint density at radius 1 is 0.933 bits per heavy atom. The average Bonchev–Trinajstić information content (AvgIpc) is 2.76. The number of aliphatic carboxylic acids is 1. The molecule has 0 aliphatic rings. The molecule has 0 saturated heterocycles. The van der Waals surface area contributed by atoms with E-state index in [1.807, 2.05) is 12.1 Å². The molecule has 150 valence electrons. The van der Waals surface area contributed by atoms with Crippen LogP contribution < -0.4 is 20.8 Å². The van der Waals surface area contributed by atoms with Gasteiger partial charge in [0.05, 0.1) is 17.4 Å². The second kappa shape index (κ2) is 8.08. The van der Waals surface area contributed by atoms with Crippen LogP contribution in [0.25, 0.3) is 21.7 Å².